The number of piperidine rings is 1. The molecule has 1 unspecified atom stereocenters. The smallest absolute Gasteiger partial charge is 0.00449 e. The number of hydrogen-bond acceptors (Lipinski definition) is 2. The first kappa shape index (κ1) is 12.0. The molecule has 14 heavy (non-hydrogen) atoms. The fourth-order valence-electron chi connectivity index (χ4n) is 2.30. The third-order valence-corrected chi connectivity index (χ3v) is 3.38. The van der Waals surface area contributed by atoms with Crippen molar-refractivity contribution in [3.63, 3.8) is 0 Å². The molecule has 0 bridgehead atoms. The second kappa shape index (κ2) is 5.13. The third-order valence-electron chi connectivity index (χ3n) is 3.38. The Kier molecular flexibility index (Phi) is 4.39. The van der Waals surface area contributed by atoms with E-state index in [1.54, 1.807) is 0 Å². The van der Waals surface area contributed by atoms with E-state index in [0.717, 1.165) is 12.5 Å². The van der Waals surface area contributed by atoms with Crippen LogP contribution in [-0.4, -0.2) is 31.1 Å². The molecule has 1 heterocycles. The Balaban J connectivity index is 2.37. The van der Waals surface area contributed by atoms with Gasteiger partial charge in [-0.25, -0.2) is 0 Å². The molecule has 1 rings (SSSR count). The highest BCUT2D eigenvalue weighted by Crippen LogP contribution is 2.23. The third kappa shape index (κ3) is 3.58. The minimum Gasteiger partial charge on any atom is -0.330 e. The van der Waals surface area contributed by atoms with E-state index >= 15 is 0 Å². The minimum atomic E-state index is 0.287. The van der Waals surface area contributed by atoms with Gasteiger partial charge in [-0.05, 0) is 37.3 Å². The van der Waals surface area contributed by atoms with E-state index < -0.39 is 0 Å². The lowest BCUT2D eigenvalue weighted by molar-refractivity contribution is 0.122. The molecule has 0 spiro atoms. The lowest BCUT2D eigenvalue weighted by Gasteiger charge is -2.37. The van der Waals surface area contributed by atoms with Gasteiger partial charge in [0, 0.05) is 13.1 Å². The van der Waals surface area contributed by atoms with Gasteiger partial charge in [-0.3, -0.25) is 0 Å². The molecule has 1 aliphatic rings. The van der Waals surface area contributed by atoms with Gasteiger partial charge in [0.25, 0.3) is 0 Å². The molecule has 0 radical (unpaired) electrons. The topological polar surface area (TPSA) is 29.3 Å². The van der Waals surface area contributed by atoms with Crippen LogP contribution in [0.25, 0.3) is 0 Å². The first-order valence-corrected chi connectivity index (χ1v) is 6.00. The van der Waals surface area contributed by atoms with Crippen LogP contribution < -0.4 is 5.73 Å². The zero-order chi connectivity index (χ0) is 10.6. The Bertz CT molecular complexity index is 166. The van der Waals surface area contributed by atoms with Gasteiger partial charge >= 0.3 is 0 Å². The molecule has 1 saturated heterocycles. The Labute approximate surface area is 88.8 Å². The van der Waals surface area contributed by atoms with Crippen molar-refractivity contribution >= 4 is 0 Å². The molecule has 2 N–H and O–H groups in total. The predicted octanol–water partition coefficient (Wildman–Crippen LogP) is 2.09. The normalized spacial score (nSPS) is 25.3. The van der Waals surface area contributed by atoms with Crippen LogP contribution in [0.15, 0.2) is 0 Å². The van der Waals surface area contributed by atoms with Gasteiger partial charge in [-0.2, -0.15) is 0 Å². The molecule has 0 amide bonds. The van der Waals surface area contributed by atoms with Crippen LogP contribution in [0.4, 0.5) is 0 Å². The second-order valence-corrected chi connectivity index (χ2v) is 5.52. The van der Waals surface area contributed by atoms with Crippen LogP contribution in [0.2, 0.25) is 0 Å². The SMILES string of the molecule is CCC1CCCN(CC(C)(C)CN)C1. The first-order chi connectivity index (χ1) is 6.57. The molecule has 84 valence electrons. The van der Waals surface area contributed by atoms with Crippen molar-refractivity contribution < 1.29 is 0 Å². The van der Waals surface area contributed by atoms with E-state index in [1.807, 2.05) is 0 Å². The average Bonchev–Trinajstić information content (AvgIpc) is 2.17. The molecule has 0 saturated carbocycles. The summed E-state index contributed by atoms with van der Waals surface area (Å²) in [6.45, 7) is 11.4. The van der Waals surface area contributed by atoms with Crippen LogP contribution in [0, 0.1) is 11.3 Å². The van der Waals surface area contributed by atoms with Gasteiger partial charge in [0.1, 0.15) is 0 Å². The van der Waals surface area contributed by atoms with Crippen molar-refractivity contribution in [3.8, 4) is 0 Å². The number of rotatable bonds is 4. The van der Waals surface area contributed by atoms with Gasteiger partial charge in [-0.1, -0.05) is 27.2 Å². The predicted molar refractivity (Wildman–Crippen MR) is 62.3 cm³/mol. The zero-order valence-corrected chi connectivity index (χ0v) is 10.1. The lowest BCUT2D eigenvalue weighted by atomic mass is 9.90. The highest BCUT2D eigenvalue weighted by molar-refractivity contribution is 4.79. The molecule has 0 aromatic rings. The summed E-state index contributed by atoms with van der Waals surface area (Å²) >= 11 is 0. The molecule has 2 nitrogen and oxygen atoms in total. The maximum absolute atomic E-state index is 5.76. The molecule has 1 aliphatic heterocycles. The van der Waals surface area contributed by atoms with Crippen molar-refractivity contribution in [1.82, 2.24) is 4.90 Å². The minimum absolute atomic E-state index is 0.287. The number of nitrogens with zero attached hydrogens (tertiary/aromatic N) is 1. The Morgan fingerprint density at radius 3 is 2.71 bits per heavy atom. The van der Waals surface area contributed by atoms with Gasteiger partial charge in [0.2, 0.25) is 0 Å². The number of hydrogen-bond donors (Lipinski definition) is 1. The monoisotopic (exact) mass is 198 g/mol. The van der Waals surface area contributed by atoms with Crippen LogP contribution >= 0.6 is 0 Å². The molecular weight excluding hydrogens is 172 g/mol. The van der Waals surface area contributed by atoms with Crippen LogP contribution in [0.3, 0.4) is 0 Å². The average molecular weight is 198 g/mol. The van der Waals surface area contributed by atoms with Crippen molar-refractivity contribution in [2.45, 2.75) is 40.0 Å². The van der Waals surface area contributed by atoms with Crippen LogP contribution in [0.1, 0.15) is 40.0 Å². The second-order valence-electron chi connectivity index (χ2n) is 5.52. The highest BCUT2D eigenvalue weighted by Gasteiger charge is 2.24. The molecular formula is C12H26N2. The summed E-state index contributed by atoms with van der Waals surface area (Å²) in [7, 11) is 0. The quantitative estimate of drug-likeness (QED) is 0.749. The molecule has 1 atom stereocenters. The molecule has 0 aromatic heterocycles. The summed E-state index contributed by atoms with van der Waals surface area (Å²) in [5, 5.41) is 0. The maximum Gasteiger partial charge on any atom is 0.00449 e. The van der Waals surface area contributed by atoms with Gasteiger partial charge in [0.15, 0.2) is 0 Å². The van der Waals surface area contributed by atoms with Crippen molar-refractivity contribution in [3.05, 3.63) is 0 Å². The van der Waals surface area contributed by atoms with Crippen molar-refractivity contribution in [2.24, 2.45) is 17.1 Å². The lowest BCUT2D eigenvalue weighted by Crippen LogP contribution is -2.43. The fourth-order valence-corrected chi connectivity index (χ4v) is 2.30. The number of nitrogens with two attached hydrogens (primary N) is 1. The van der Waals surface area contributed by atoms with Crippen LogP contribution in [0.5, 0.6) is 0 Å². The summed E-state index contributed by atoms with van der Waals surface area (Å²) < 4.78 is 0. The Morgan fingerprint density at radius 2 is 2.14 bits per heavy atom. The van der Waals surface area contributed by atoms with E-state index in [1.165, 1.54) is 38.9 Å². The van der Waals surface area contributed by atoms with Gasteiger partial charge < -0.3 is 10.6 Å². The Morgan fingerprint density at radius 1 is 1.43 bits per heavy atom. The van der Waals surface area contributed by atoms with Gasteiger partial charge in [-0.15, -0.1) is 0 Å². The summed E-state index contributed by atoms with van der Waals surface area (Å²) in [5.74, 6) is 0.928. The van der Waals surface area contributed by atoms with Crippen molar-refractivity contribution in [1.29, 1.82) is 0 Å². The molecule has 0 aromatic carbocycles. The summed E-state index contributed by atoms with van der Waals surface area (Å²) in [4.78, 5) is 2.60. The van der Waals surface area contributed by atoms with E-state index in [0.29, 0.717) is 0 Å². The highest BCUT2D eigenvalue weighted by atomic mass is 15.1. The summed E-state index contributed by atoms with van der Waals surface area (Å²) in [5.41, 5.74) is 6.05. The summed E-state index contributed by atoms with van der Waals surface area (Å²) in [6.07, 6.45) is 4.13. The van der Waals surface area contributed by atoms with Crippen LogP contribution in [-0.2, 0) is 0 Å². The first-order valence-electron chi connectivity index (χ1n) is 6.00. The van der Waals surface area contributed by atoms with Gasteiger partial charge in [0.05, 0.1) is 0 Å². The standard InChI is InChI=1S/C12H26N2/c1-4-11-6-5-7-14(8-11)10-12(2,3)9-13/h11H,4-10,13H2,1-3H3. The van der Waals surface area contributed by atoms with E-state index in [2.05, 4.69) is 25.7 Å². The maximum atomic E-state index is 5.76. The fraction of sp³-hybridized carbons (Fsp3) is 1.00. The molecule has 0 aliphatic carbocycles. The van der Waals surface area contributed by atoms with Crippen molar-refractivity contribution in [2.75, 3.05) is 26.2 Å². The largest absolute Gasteiger partial charge is 0.330 e. The number of likely N-dealkylation sites (tertiary alicyclic amines) is 1. The van der Waals surface area contributed by atoms with E-state index in [9.17, 15) is 0 Å². The molecule has 1 fully saturated rings. The van der Waals surface area contributed by atoms with E-state index in [4.69, 9.17) is 5.73 Å². The molecule has 2 heteroatoms. The van der Waals surface area contributed by atoms with E-state index in [-0.39, 0.29) is 5.41 Å². The summed E-state index contributed by atoms with van der Waals surface area (Å²) in [6, 6.07) is 0. The zero-order valence-electron chi connectivity index (χ0n) is 10.1. The Hall–Kier alpha value is -0.0800.